The molecule has 0 aromatic heterocycles. The SMILES string of the molecule is CCCCOC(=O)c1c(O)c(O)cc(F)c1F. The maximum Gasteiger partial charge on any atom is 0.345 e. The van der Waals surface area contributed by atoms with Crippen molar-refractivity contribution in [2.45, 2.75) is 19.8 Å². The predicted octanol–water partition coefficient (Wildman–Crippen LogP) is 2.33. The van der Waals surface area contributed by atoms with E-state index >= 15 is 0 Å². The molecule has 0 saturated carbocycles. The van der Waals surface area contributed by atoms with Gasteiger partial charge in [0, 0.05) is 6.07 Å². The van der Waals surface area contributed by atoms with E-state index in [9.17, 15) is 18.7 Å². The van der Waals surface area contributed by atoms with Gasteiger partial charge in [0.05, 0.1) is 6.61 Å². The highest BCUT2D eigenvalue weighted by molar-refractivity contribution is 5.93. The minimum atomic E-state index is -1.54. The summed E-state index contributed by atoms with van der Waals surface area (Å²) < 4.78 is 30.8. The summed E-state index contributed by atoms with van der Waals surface area (Å²) in [7, 11) is 0. The molecule has 0 fully saturated rings. The molecule has 0 atom stereocenters. The highest BCUT2D eigenvalue weighted by Crippen LogP contribution is 2.33. The number of esters is 1. The summed E-state index contributed by atoms with van der Waals surface area (Å²) in [5.74, 6) is -6.11. The fraction of sp³-hybridized carbons (Fsp3) is 0.364. The molecule has 4 nitrogen and oxygen atoms in total. The van der Waals surface area contributed by atoms with Crippen LogP contribution in [0.25, 0.3) is 0 Å². The number of carbonyl (C=O) groups excluding carboxylic acids is 1. The molecule has 17 heavy (non-hydrogen) atoms. The first kappa shape index (κ1) is 13.2. The van der Waals surface area contributed by atoms with Crippen LogP contribution in [0.5, 0.6) is 11.5 Å². The number of ether oxygens (including phenoxy) is 1. The Hall–Kier alpha value is -1.85. The zero-order valence-electron chi connectivity index (χ0n) is 9.17. The average molecular weight is 246 g/mol. The van der Waals surface area contributed by atoms with Crippen molar-refractivity contribution in [2.75, 3.05) is 6.61 Å². The van der Waals surface area contributed by atoms with Gasteiger partial charge in [0.2, 0.25) is 0 Å². The Labute approximate surface area is 96.5 Å². The van der Waals surface area contributed by atoms with Crippen molar-refractivity contribution >= 4 is 5.97 Å². The second-order valence-corrected chi connectivity index (χ2v) is 3.40. The maximum atomic E-state index is 13.3. The lowest BCUT2D eigenvalue weighted by molar-refractivity contribution is 0.0488. The number of hydrogen-bond donors (Lipinski definition) is 2. The van der Waals surface area contributed by atoms with E-state index in [-0.39, 0.29) is 6.61 Å². The third-order valence-electron chi connectivity index (χ3n) is 2.11. The van der Waals surface area contributed by atoms with Crippen molar-refractivity contribution in [3.63, 3.8) is 0 Å². The number of benzene rings is 1. The van der Waals surface area contributed by atoms with Crippen LogP contribution in [0.4, 0.5) is 8.78 Å². The zero-order valence-corrected chi connectivity index (χ0v) is 9.17. The van der Waals surface area contributed by atoms with Crippen LogP contribution in [0, 0.1) is 11.6 Å². The predicted molar refractivity (Wildman–Crippen MR) is 54.9 cm³/mol. The normalized spacial score (nSPS) is 10.3. The number of unbranched alkanes of at least 4 members (excludes halogenated alkanes) is 1. The molecular formula is C11H12F2O4. The van der Waals surface area contributed by atoms with E-state index in [0.717, 1.165) is 6.42 Å². The molecule has 0 aliphatic rings. The van der Waals surface area contributed by atoms with E-state index in [0.29, 0.717) is 12.5 Å². The number of phenolic OH excluding ortho intramolecular Hbond substituents is 2. The van der Waals surface area contributed by atoms with Crippen LogP contribution in [-0.4, -0.2) is 22.8 Å². The molecule has 1 aromatic carbocycles. The van der Waals surface area contributed by atoms with E-state index in [1.165, 1.54) is 0 Å². The summed E-state index contributed by atoms with van der Waals surface area (Å²) >= 11 is 0. The van der Waals surface area contributed by atoms with Crippen molar-refractivity contribution < 1.29 is 28.5 Å². The van der Waals surface area contributed by atoms with Crippen LogP contribution in [0.2, 0.25) is 0 Å². The summed E-state index contributed by atoms with van der Waals surface area (Å²) in [5.41, 5.74) is -0.987. The second-order valence-electron chi connectivity index (χ2n) is 3.40. The van der Waals surface area contributed by atoms with E-state index in [2.05, 4.69) is 4.74 Å². The topological polar surface area (TPSA) is 66.8 Å². The third-order valence-corrected chi connectivity index (χ3v) is 2.11. The lowest BCUT2D eigenvalue weighted by Crippen LogP contribution is -2.10. The third kappa shape index (κ3) is 2.83. The molecule has 1 aromatic rings. The number of rotatable bonds is 4. The molecule has 0 radical (unpaired) electrons. The molecule has 0 heterocycles. The van der Waals surface area contributed by atoms with Gasteiger partial charge >= 0.3 is 5.97 Å². The molecule has 0 aliphatic carbocycles. The van der Waals surface area contributed by atoms with Gasteiger partial charge in [0.25, 0.3) is 0 Å². The fourth-order valence-corrected chi connectivity index (χ4v) is 1.17. The van der Waals surface area contributed by atoms with Gasteiger partial charge in [-0.25, -0.2) is 13.6 Å². The van der Waals surface area contributed by atoms with Gasteiger partial charge in [0.1, 0.15) is 5.56 Å². The minimum absolute atomic E-state index is 0.0332. The van der Waals surface area contributed by atoms with Crippen LogP contribution in [-0.2, 0) is 4.74 Å². The first-order chi connectivity index (χ1) is 7.99. The zero-order chi connectivity index (χ0) is 13.0. The first-order valence-electron chi connectivity index (χ1n) is 5.06. The Morgan fingerprint density at radius 3 is 2.65 bits per heavy atom. The lowest BCUT2D eigenvalue weighted by atomic mass is 10.1. The van der Waals surface area contributed by atoms with E-state index in [1.807, 2.05) is 6.92 Å². The minimum Gasteiger partial charge on any atom is -0.504 e. The Morgan fingerprint density at radius 1 is 1.41 bits per heavy atom. The highest BCUT2D eigenvalue weighted by Gasteiger charge is 2.24. The quantitative estimate of drug-likeness (QED) is 0.486. The number of phenols is 2. The fourth-order valence-electron chi connectivity index (χ4n) is 1.17. The second kappa shape index (κ2) is 5.47. The Bertz CT molecular complexity index is 406. The molecule has 2 N–H and O–H groups in total. The monoisotopic (exact) mass is 246 g/mol. The van der Waals surface area contributed by atoms with Crippen molar-refractivity contribution in [1.82, 2.24) is 0 Å². The molecule has 1 rings (SSSR count). The average Bonchev–Trinajstić information content (AvgIpc) is 2.27. The Balaban J connectivity index is 3.00. The smallest absolute Gasteiger partial charge is 0.345 e. The number of hydrogen-bond acceptors (Lipinski definition) is 4. The summed E-state index contributed by atoms with van der Waals surface area (Å²) in [6.07, 6.45) is 1.32. The number of halogens is 2. The van der Waals surface area contributed by atoms with Gasteiger partial charge < -0.3 is 14.9 Å². The summed E-state index contributed by atoms with van der Waals surface area (Å²) in [4.78, 5) is 11.4. The number of carbonyl (C=O) groups is 1. The van der Waals surface area contributed by atoms with Crippen molar-refractivity contribution in [3.8, 4) is 11.5 Å². The molecule has 0 spiro atoms. The van der Waals surface area contributed by atoms with Crippen LogP contribution >= 0.6 is 0 Å². The van der Waals surface area contributed by atoms with E-state index in [4.69, 9.17) is 5.11 Å². The summed E-state index contributed by atoms with van der Waals surface area (Å²) in [6.45, 7) is 1.89. The molecule has 0 aliphatic heterocycles. The van der Waals surface area contributed by atoms with Gasteiger partial charge in [-0.3, -0.25) is 0 Å². The molecule has 0 bridgehead atoms. The molecular weight excluding hydrogens is 234 g/mol. The maximum absolute atomic E-state index is 13.3. The van der Waals surface area contributed by atoms with Gasteiger partial charge in [-0.05, 0) is 6.42 Å². The molecule has 0 amide bonds. The first-order valence-corrected chi connectivity index (χ1v) is 5.06. The van der Waals surface area contributed by atoms with Gasteiger partial charge in [-0.1, -0.05) is 13.3 Å². The van der Waals surface area contributed by atoms with Crippen LogP contribution in [0.3, 0.4) is 0 Å². The molecule has 0 saturated heterocycles. The van der Waals surface area contributed by atoms with Crippen molar-refractivity contribution in [1.29, 1.82) is 0 Å². The van der Waals surface area contributed by atoms with E-state index < -0.39 is 34.7 Å². The Morgan fingerprint density at radius 2 is 2.06 bits per heavy atom. The van der Waals surface area contributed by atoms with Crippen LogP contribution < -0.4 is 0 Å². The highest BCUT2D eigenvalue weighted by atomic mass is 19.2. The molecule has 0 unspecified atom stereocenters. The van der Waals surface area contributed by atoms with Gasteiger partial charge in [0.15, 0.2) is 23.1 Å². The molecule has 94 valence electrons. The van der Waals surface area contributed by atoms with Crippen molar-refractivity contribution in [3.05, 3.63) is 23.3 Å². The van der Waals surface area contributed by atoms with Crippen molar-refractivity contribution in [2.24, 2.45) is 0 Å². The number of aromatic hydroxyl groups is 2. The van der Waals surface area contributed by atoms with E-state index in [1.54, 1.807) is 0 Å². The lowest BCUT2D eigenvalue weighted by Gasteiger charge is -2.08. The Kier molecular flexibility index (Phi) is 4.25. The summed E-state index contributed by atoms with van der Waals surface area (Å²) in [6, 6.07) is 0.382. The standard InChI is InChI=1S/C11H12F2O4/c1-2-3-4-17-11(16)8-9(13)6(12)5-7(14)10(8)15/h5,14-15H,2-4H2,1H3. The van der Waals surface area contributed by atoms with Crippen LogP contribution in [0.15, 0.2) is 6.07 Å². The largest absolute Gasteiger partial charge is 0.504 e. The van der Waals surface area contributed by atoms with Crippen LogP contribution in [0.1, 0.15) is 30.1 Å². The summed E-state index contributed by atoms with van der Waals surface area (Å²) in [5, 5.41) is 18.3. The molecule has 6 heteroatoms. The van der Waals surface area contributed by atoms with Gasteiger partial charge in [-0.15, -0.1) is 0 Å². The van der Waals surface area contributed by atoms with Gasteiger partial charge in [-0.2, -0.15) is 0 Å².